The summed E-state index contributed by atoms with van der Waals surface area (Å²) in [4.78, 5) is 23.0. The molecule has 7 nitrogen and oxygen atoms in total. The van der Waals surface area contributed by atoms with Gasteiger partial charge >= 0.3 is 0 Å². The monoisotopic (exact) mass is 393 g/mol. The van der Waals surface area contributed by atoms with Crippen LogP contribution in [0, 0.1) is 5.82 Å². The van der Waals surface area contributed by atoms with E-state index in [0.29, 0.717) is 12.2 Å². The molecule has 0 saturated carbocycles. The van der Waals surface area contributed by atoms with Gasteiger partial charge in [-0.2, -0.15) is 4.31 Å². The van der Waals surface area contributed by atoms with Gasteiger partial charge in [0.1, 0.15) is 5.82 Å². The topological polar surface area (TPSA) is 95.6 Å². The minimum absolute atomic E-state index is 0.0335. The summed E-state index contributed by atoms with van der Waals surface area (Å²) in [6.45, 7) is 1.30. The molecule has 0 atom stereocenters. The van der Waals surface area contributed by atoms with Gasteiger partial charge in [-0.15, -0.1) is 0 Å². The van der Waals surface area contributed by atoms with E-state index in [1.165, 1.54) is 50.4 Å². The van der Waals surface area contributed by atoms with Crippen LogP contribution in [0.4, 0.5) is 10.1 Å². The number of nitrogens with one attached hydrogen (secondary N) is 2. The Balaban J connectivity index is 2.01. The first kappa shape index (κ1) is 20.5. The molecule has 0 unspecified atom stereocenters. The van der Waals surface area contributed by atoms with E-state index < -0.39 is 28.3 Å². The molecule has 144 valence electrons. The highest BCUT2D eigenvalue weighted by molar-refractivity contribution is 7.89. The summed E-state index contributed by atoms with van der Waals surface area (Å²) in [6.07, 6.45) is 0. The first-order valence-electron chi connectivity index (χ1n) is 8.03. The lowest BCUT2D eigenvalue weighted by atomic mass is 10.2. The van der Waals surface area contributed by atoms with Crippen molar-refractivity contribution in [3.8, 4) is 0 Å². The molecule has 2 amide bonds. The molecular formula is C18H20FN3O4S. The van der Waals surface area contributed by atoms with Crippen molar-refractivity contribution in [3.05, 3.63) is 59.9 Å². The number of sulfonamides is 1. The number of anilines is 1. The molecule has 2 aromatic carbocycles. The molecule has 0 aliphatic heterocycles. The quantitative estimate of drug-likeness (QED) is 0.749. The van der Waals surface area contributed by atoms with Crippen molar-refractivity contribution in [2.75, 3.05) is 18.9 Å². The standard InChI is InChI=1S/C18H20FN3O4S/c1-13(23)20-11-14-3-9-17(10-4-14)27(25,26)22(2)12-18(24)21-16-7-5-15(19)6-8-16/h3-10H,11-12H2,1-2H3,(H,20,23)(H,21,24). The average molecular weight is 393 g/mol. The lowest BCUT2D eigenvalue weighted by Crippen LogP contribution is -2.35. The first-order chi connectivity index (χ1) is 12.7. The predicted molar refractivity (Wildman–Crippen MR) is 98.8 cm³/mol. The molecule has 2 N–H and O–H groups in total. The van der Waals surface area contributed by atoms with Crippen LogP contribution in [0.3, 0.4) is 0 Å². The van der Waals surface area contributed by atoms with E-state index >= 15 is 0 Å². The molecule has 0 fully saturated rings. The molecule has 9 heteroatoms. The zero-order valence-corrected chi connectivity index (χ0v) is 15.7. The Morgan fingerprint density at radius 1 is 1.04 bits per heavy atom. The average Bonchev–Trinajstić information content (AvgIpc) is 2.62. The van der Waals surface area contributed by atoms with Crippen LogP contribution in [-0.2, 0) is 26.2 Å². The molecule has 0 radical (unpaired) electrons. The maximum atomic E-state index is 12.9. The summed E-state index contributed by atoms with van der Waals surface area (Å²) >= 11 is 0. The molecule has 0 spiro atoms. The molecule has 0 bridgehead atoms. The van der Waals surface area contributed by atoms with E-state index in [9.17, 15) is 22.4 Å². The fraction of sp³-hybridized carbons (Fsp3) is 0.222. The van der Waals surface area contributed by atoms with Crippen molar-refractivity contribution in [2.45, 2.75) is 18.4 Å². The van der Waals surface area contributed by atoms with E-state index in [0.717, 1.165) is 9.87 Å². The van der Waals surface area contributed by atoms with Crippen molar-refractivity contribution in [1.29, 1.82) is 0 Å². The van der Waals surface area contributed by atoms with Crippen molar-refractivity contribution < 1.29 is 22.4 Å². The molecular weight excluding hydrogens is 373 g/mol. The number of hydrogen-bond acceptors (Lipinski definition) is 4. The zero-order chi connectivity index (χ0) is 20.0. The number of benzene rings is 2. The van der Waals surface area contributed by atoms with Gasteiger partial charge in [0.15, 0.2) is 0 Å². The molecule has 0 aliphatic carbocycles. The molecule has 0 aromatic heterocycles. The normalized spacial score (nSPS) is 11.3. The smallest absolute Gasteiger partial charge is 0.243 e. The van der Waals surface area contributed by atoms with Gasteiger partial charge in [0, 0.05) is 26.2 Å². The van der Waals surface area contributed by atoms with E-state index in [-0.39, 0.29) is 10.8 Å². The Morgan fingerprint density at radius 2 is 1.63 bits per heavy atom. The van der Waals surface area contributed by atoms with Crippen LogP contribution in [0.15, 0.2) is 53.4 Å². The van der Waals surface area contributed by atoms with Crippen LogP contribution in [0.2, 0.25) is 0 Å². The molecule has 0 saturated heterocycles. The van der Waals surface area contributed by atoms with Gasteiger partial charge in [-0.25, -0.2) is 12.8 Å². The van der Waals surface area contributed by atoms with Crippen molar-refractivity contribution in [1.82, 2.24) is 9.62 Å². The van der Waals surface area contributed by atoms with Gasteiger partial charge in [-0.05, 0) is 42.0 Å². The van der Waals surface area contributed by atoms with Gasteiger partial charge in [0.05, 0.1) is 11.4 Å². The number of rotatable bonds is 7. The number of halogens is 1. The first-order valence-corrected chi connectivity index (χ1v) is 9.47. The van der Waals surface area contributed by atoms with Crippen molar-refractivity contribution in [2.24, 2.45) is 0 Å². The second-order valence-corrected chi connectivity index (χ2v) is 7.91. The summed E-state index contributed by atoms with van der Waals surface area (Å²) in [5.74, 6) is -1.16. The fourth-order valence-corrected chi connectivity index (χ4v) is 3.33. The van der Waals surface area contributed by atoms with Crippen molar-refractivity contribution in [3.63, 3.8) is 0 Å². The summed E-state index contributed by atoms with van der Waals surface area (Å²) < 4.78 is 38.9. The molecule has 0 aliphatic rings. The van der Waals surface area contributed by atoms with Gasteiger partial charge in [-0.3, -0.25) is 9.59 Å². The van der Waals surface area contributed by atoms with Gasteiger partial charge in [-0.1, -0.05) is 12.1 Å². The highest BCUT2D eigenvalue weighted by atomic mass is 32.2. The predicted octanol–water partition coefficient (Wildman–Crippen LogP) is 1.72. The number of amides is 2. The van der Waals surface area contributed by atoms with Crippen LogP contribution in [0.25, 0.3) is 0 Å². The van der Waals surface area contributed by atoms with Crippen LogP contribution < -0.4 is 10.6 Å². The number of nitrogens with zero attached hydrogens (tertiary/aromatic N) is 1. The SMILES string of the molecule is CC(=O)NCc1ccc(S(=O)(=O)N(C)CC(=O)Nc2ccc(F)cc2)cc1. The maximum Gasteiger partial charge on any atom is 0.243 e. The fourth-order valence-electron chi connectivity index (χ4n) is 2.21. The minimum Gasteiger partial charge on any atom is -0.352 e. The molecule has 2 aromatic rings. The Kier molecular flexibility index (Phi) is 6.65. The van der Waals surface area contributed by atoms with Gasteiger partial charge in [0.2, 0.25) is 21.8 Å². The van der Waals surface area contributed by atoms with Crippen LogP contribution in [0.1, 0.15) is 12.5 Å². The summed E-state index contributed by atoms with van der Waals surface area (Å²) in [7, 11) is -2.56. The van der Waals surface area contributed by atoms with Crippen molar-refractivity contribution >= 4 is 27.5 Å². The second kappa shape index (κ2) is 8.74. The van der Waals surface area contributed by atoms with Gasteiger partial charge < -0.3 is 10.6 Å². The van der Waals surface area contributed by atoms with E-state index in [4.69, 9.17) is 0 Å². The lowest BCUT2D eigenvalue weighted by molar-refractivity contribution is -0.119. The number of carbonyl (C=O) groups is 2. The van der Waals surface area contributed by atoms with E-state index in [1.54, 1.807) is 12.1 Å². The second-order valence-electron chi connectivity index (χ2n) is 5.87. The summed E-state index contributed by atoms with van der Waals surface area (Å²) in [5.41, 5.74) is 1.12. The number of likely N-dealkylation sites (N-methyl/N-ethyl adjacent to an activating group) is 1. The van der Waals surface area contributed by atoms with E-state index in [1.807, 2.05) is 0 Å². The third-order valence-corrected chi connectivity index (χ3v) is 5.48. The molecule has 0 heterocycles. The van der Waals surface area contributed by atoms with Crippen LogP contribution in [-0.4, -0.2) is 38.1 Å². The highest BCUT2D eigenvalue weighted by Crippen LogP contribution is 2.16. The highest BCUT2D eigenvalue weighted by Gasteiger charge is 2.23. The Morgan fingerprint density at radius 3 is 2.19 bits per heavy atom. The Bertz CT molecular complexity index is 913. The maximum absolute atomic E-state index is 12.9. The summed E-state index contributed by atoms with van der Waals surface area (Å²) in [5, 5.41) is 5.13. The third-order valence-electron chi connectivity index (χ3n) is 3.67. The summed E-state index contributed by atoms with van der Waals surface area (Å²) in [6, 6.07) is 11.2. The largest absolute Gasteiger partial charge is 0.352 e. The van der Waals surface area contributed by atoms with Crippen LogP contribution >= 0.6 is 0 Å². The Labute approximate surface area is 157 Å². The molecule has 27 heavy (non-hydrogen) atoms. The zero-order valence-electron chi connectivity index (χ0n) is 14.9. The lowest BCUT2D eigenvalue weighted by Gasteiger charge is -2.17. The minimum atomic E-state index is -3.86. The van der Waals surface area contributed by atoms with E-state index in [2.05, 4.69) is 10.6 Å². The number of hydrogen-bond donors (Lipinski definition) is 2. The Hall–Kier alpha value is -2.78. The van der Waals surface area contributed by atoms with Crippen LogP contribution in [0.5, 0.6) is 0 Å². The third kappa shape index (κ3) is 5.87. The molecule has 2 rings (SSSR count). The van der Waals surface area contributed by atoms with Gasteiger partial charge in [0.25, 0.3) is 0 Å². The number of carbonyl (C=O) groups excluding carboxylic acids is 2.